The van der Waals surface area contributed by atoms with Gasteiger partial charge in [0, 0.05) is 18.2 Å². The Morgan fingerprint density at radius 3 is 2.67 bits per heavy atom. The molecule has 1 aromatic rings. The molecule has 12 heavy (non-hydrogen) atoms. The van der Waals surface area contributed by atoms with E-state index in [1.165, 1.54) is 0 Å². The quantitative estimate of drug-likeness (QED) is 0.699. The maximum absolute atomic E-state index is 8.69. The number of aliphatic hydroxyl groups is 1. The van der Waals surface area contributed by atoms with Crippen LogP contribution in [0, 0.1) is 13.8 Å². The van der Waals surface area contributed by atoms with Crippen molar-refractivity contribution >= 4 is 0 Å². The van der Waals surface area contributed by atoms with Crippen molar-refractivity contribution in [1.29, 1.82) is 0 Å². The van der Waals surface area contributed by atoms with Crippen LogP contribution in [0.4, 0.5) is 0 Å². The van der Waals surface area contributed by atoms with Gasteiger partial charge >= 0.3 is 0 Å². The maximum atomic E-state index is 8.69. The molecule has 4 heteroatoms. The van der Waals surface area contributed by atoms with Crippen molar-refractivity contribution in [1.82, 2.24) is 5.16 Å². The van der Waals surface area contributed by atoms with E-state index in [0.29, 0.717) is 6.42 Å². The molecule has 0 saturated heterocycles. The fourth-order valence-corrected chi connectivity index (χ4v) is 1.30. The zero-order valence-electron chi connectivity index (χ0n) is 7.37. The van der Waals surface area contributed by atoms with Crippen LogP contribution in [0.15, 0.2) is 4.52 Å². The standard InChI is InChI=1S/C8H14N2O2/c1-5-8(6(2)12-10-5)7(9)3-4-11/h7,11H,3-4,9H2,1-2H3. The van der Waals surface area contributed by atoms with E-state index in [1.807, 2.05) is 13.8 Å². The highest BCUT2D eigenvalue weighted by molar-refractivity contribution is 5.24. The molecule has 0 aliphatic carbocycles. The van der Waals surface area contributed by atoms with Crippen LogP contribution in [0.2, 0.25) is 0 Å². The van der Waals surface area contributed by atoms with Gasteiger partial charge < -0.3 is 15.4 Å². The number of nitrogens with two attached hydrogens (primary N) is 1. The highest BCUT2D eigenvalue weighted by Gasteiger charge is 2.15. The van der Waals surface area contributed by atoms with E-state index in [1.54, 1.807) is 0 Å². The third-order valence-corrected chi connectivity index (χ3v) is 1.90. The van der Waals surface area contributed by atoms with Crippen molar-refractivity contribution in [3.05, 3.63) is 17.0 Å². The van der Waals surface area contributed by atoms with Gasteiger partial charge in [-0.05, 0) is 20.3 Å². The van der Waals surface area contributed by atoms with E-state index in [2.05, 4.69) is 5.16 Å². The van der Waals surface area contributed by atoms with Crippen LogP contribution in [-0.2, 0) is 0 Å². The lowest BCUT2D eigenvalue weighted by atomic mass is 10.0. The molecule has 4 nitrogen and oxygen atoms in total. The Labute approximate surface area is 71.4 Å². The minimum Gasteiger partial charge on any atom is -0.396 e. The van der Waals surface area contributed by atoms with Gasteiger partial charge in [-0.1, -0.05) is 5.16 Å². The Balaban J connectivity index is 2.85. The molecule has 68 valence electrons. The summed E-state index contributed by atoms with van der Waals surface area (Å²) in [5.74, 6) is 0.744. The van der Waals surface area contributed by atoms with Gasteiger partial charge in [0.25, 0.3) is 0 Å². The van der Waals surface area contributed by atoms with Crippen LogP contribution < -0.4 is 5.73 Å². The normalized spacial score (nSPS) is 13.3. The highest BCUT2D eigenvalue weighted by Crippen LogP contribution is 2.21. The van der Waals surface area contributed by atoms with Crippen LogP contribution in [0.1, 0.15) is 29.5 Å². The summed E-state index contributed by atoms with van der Waals surface area (Å²) in [7, 11) is 0. The van der Waals surface area contributed by atoms with Crippen LogP contribution >= 0.6 is 0 Å². The van der Waals surface area contributed by atoms with Crippen molar-refractivity contribution < 1.29 is 9.63 Å². The molecule has 1 rings (SSSR count). The van der Waals surface area contributed by atoms with Gasteiger partial charge in [0.1, 0.15) is 5.76 Å². The first kappa shape index (κ1) is 9.22. The first-order chi connectivity index (χ1) is 5.66. The Morgan fingerprint density at radius 2 is 2.25 bits per heavy atom. The van der Waals surface area contributed by atoms with E-state index in [9.17, 15) is 0 Å². The predicted octanol–water partition coefficient (Wildman–Crippen LogP) is 0.674. The van der Waals surface area contributed by atoms with Gasteiger partial charge in [-0.3, -0.25) is 0 Å². The molecule has 0 aliphatic rings. The van der Waals surface area contributed by atoms with Gasteiger partial charge in [0.2, 0.25) is 0 Å². The van der Waals surface area contributed by atoms with Crippen LogP contribution in [0.25, 0.3) is 0 Å². The van der Waals surface area contributed by atoms with Crippen molar-refractivity contribution in [2.45, 2.75) is 26.3 Å². The summed E-state index contributed by atoms with van der Waals surface area (Å²) < 4.78 is 4.95. The summed E-state index contributed by atoms with van der Waals surface area (Å²) in [4.78, 5) is 0. The van der Waals surface area contributed by atoms with E-state index < -0.39 is 0 Å². The van der Waals surface area contributed by atoms with Crippen molar-refractivity contribution in [2.75, 3.05) is 6.61 Å². The number of hydrogen-bond donors (Lipinski definition) is 2. The van der Waals surface area contributed by atoms with Gasteiger partial charge in [-0.15, -0.1) is 0 Å². The topological polar surface area (TPSA) is 72.3 Å². The van der Waals surface area contributed by atoms with Crippen LogP contribution in [-0.4, -0.2) is 16.9 Å². The largest absolute Gasteiger partial charge is 0.396 e. The Bertz CT molecular complexity index is 238. The maximum Gasteiger partial charge on any atom is 0.138 e. The molecule has 1 heterocycles. The predicted molar refractivity (Wildman–Crippen MR) is 44.6 cm³/mol. The van der Waals surface area contributed by atoms with Gasteiger partial charge in [0.05, 0.1) is 5.69 Å². The molecular weight excluding hydrogens is 156 g/mol. The Hall–Kier alpha value is -0.870. The molecule has 1 aromatic heterocycles. The van der Waals surface area contributed by atoms with Gasteiger partial charge in [-0.2, -0.15) is 0 Å². The second-order valence-corrected chi connectivity index (χ2v) is 2.86. The Kier molecular flexibility index (Phi) is 2.83. The molecule has 0 fully saturated rings. The molecule has 0 saturated carbocycles. The smallest absolute Gasteiger partial charge is 0.138 e. The fourth-order valence-electron chi connectivity index (χ4n) is 1.30. The summed E-state index contributed by atoms with van der Waals surface area (Å²) in [6, 6.07) is -0.166. The van der Waals surface area contributed by atoms with Gasteiger partial charge in [0.15, 0.2) is 0 Å². The molecule has 3 N–H and O–H groups in total. The van der Waals surface area contributed by atoms with E-state index in [4.69, 9.17) is 15.4 Å². The molecule has 1 unspecified atom stereocenters. The second kappa shape index (κ2) is 3.69. The zero-order valence-corrected chi connectivity index (χ0v) is 7.37. The van der Waals surface area contributed by atoms with Crippen molar-refractivity contribution in [3.8, 4) is 0 Å². The summed E-state index contributed by atoms with van der Waals surface area (Å²) in [6.45, 7) is 3.76. The summed E-state index contributed by atoms with van der Waals surface area (Å²) in [5.41, 5.74) is 7.53. The minimum absolute atomic E-state index is 0.0885. The fraction of sp³-hybridized carbons (Fsp3) is 0.625. The Morgan fingerprint density at radius 1 is 1.58 bits per heavy atom. The lowest BCUT2D eigenvalue weighted by Gasteiger charge is -2.08. The zero-order chi connectivity index (χ0) is 9.14. The molecule has 0 amide bonds. The molecule has 0 spiro atoms. The molecule has 0 aliphatic heterocycles. The first-order valence-corrected chi connectivity index (χ1v) is 3.96. The number of nitrogens with zero attached hydrogens (tertiary/aromatic N) is 1. The summed E-state index contributed by atoms with van der Waals surface area (Å²) in [6.07, 6.45) is 0.545. The monoisotopic (exact) mass is 170 g/mol. The molecular formula is C8H14N2O2. The lowest BCUT2D eigenvalue weighted by Crippen LogP contribution is -2.13. The average molecular weight is 170 g/mol. The second-order valence-electron chi connectivity index (χ2n) is 2.86. The van der Waals surface area contributed by atoms with Crippen LogP contribution in [0.5, 0.6) is 0 Å². The molecule has 0 radical (unpaired) electrons. The van der Waals surface area contributed by atoms with Gasteiger partial charge in [-0.25, -0.2) is 0 Å². The average Bonchev–Trinajstić information content (AvgIpc) is 2.32. The van der Waals surface area contributed by atoms with Crippen molar-refractivity contribution in [3.63, 3.8) is 0 Å². The van der Waals surface area contributed by atoms with E-state index in [-0.39, 0.29) is 12.6 Å². The highest BCUT2D eigenvalue weighted by atomic mass is 16.5. The van der Waals surface area contributed by atoms with Crippen molar-refractivity contribution in [2.24, 2.45) is 5.73 Å². The molecule has 0 aromatic carbocycles. The third kappa shape index (κ3) is 1.65. The number of aromatic nitrogens is 1. The molecule has 1 atom stereocenters. The minimum atomic E-state index is -0.166. The number of rotatable bonds is 3. The third-order valence-electron chi connectivity index (χ3n) is 1.90. The van der Waals surface area contributed by atoms with E-state index >= 15 is 0 Å². The summed E-state index contributed by atoms with van der Waals surface area (Å²) in [5, 5.41) is 12.5. The molecule has 0 bridgehead atoms. The van der Waals surface area contributed by atoms with E-state index in [0.717, 1.165) is 17.0 Å². The lowest BCUT2D eigenvalue weighted by molar-refractivity contribution is 0.276. The summed E-state index contributed by atoms with van der Waals surface area (Å²) >= 11 is 0. The number of aryl methyl sites for hydroxylation is 2. The number of aliphatic hydroxyl groups excluding tert-OH is 1. The van der Waals surface area contributed by atoms with Crippen LogP contribution in [0.3, 0.4) is 0 Å². The number of hydrogen-bond acceptors (Lipinski definition) is 4. The SMILES string of the molecule is Cc1noc(C)c1C(N)CCO. The first-order valence-electron chi connectivity index (χ1n) is 3.96.